The van der Waals surface area contributed by atoms with E-state index in [4.69, 9.17) is 5.48 Å². The van der Waals surface area contributed by atoms with Crippen molar-refractivity contribution in [3.05, 3.63) is 72.8 Å². The highest BCUT2D eigenvalue weighted by Gasteiger charge is 2.01. The van der Waals surface area contributed by atoms with Crippen molar-refractivity contribution in [3.8, 4) is 5.75 Å². The maximum absolute atomic E-state index is 12.1. The van der Waals surface area contributed by atoms with E-state index in [-0.39, 0.29) is 18.0 Å². The number of allylic oxidation sites excluding steroid dienone is 8. The minimum Gasteiger partial charge on any atom is -0.508 e. The zero-order chi connectivity index (χ0) is 24.5. The van der Waals surface area contributed by atoms with Gasteiger partial charge in [-0.25, -0.2) is 0 Å². The number of phenolic OH excluding ortho intramolecular Hbond substituents is 1. The second-order valence-corrected chi connectivity index (χ2v) is 6.75. The van der Waals surface area contributed by atoms with Crippen LogP contribution in [-0.4, -0.2) is 11.0 Å². The monoisotopic (exact) mass is 399 g/mol. The number of unbranched alkanes of at least 4 members (excludes halogenated alkanes) is 4. The molecule has 0 heterocycles. The van der Waals surface area contributed by atoms with Gasteiger partial charge in [0, 0.05) is 12.1 Å². The van der Waals surface area contributed by atoms with Crippen LogP contribution in [0.5, 0.6) is 5.75 Å². The first-order valence-corrected chi connectivity index (χ1v) is 10.6. The zero-order valence-corrected chi connectivity index (χ0v) is 17.5. The SMILES string of the molecule is [2H]c1c([2H])c(NC(=O)CCC/C=C/C/C=C/C/C=C/C/C=C/CCCCC)c([2H])c([2H])c1O. The Morgan fingerprint density at radius 2 is 1.38 bits per heavy atom. The Bertz CT molecular complexity index is 831. The fraction of sp³-hybridized carbons (Fsp3) is 0.423. The van der Waals surface area contributed by atoms with Gasteiger partial charge >= 0.3 is 0 Å². The van der Waals surface area contributed by atoms with Crippen molar-refractivity contribution in [2.45, 2.75) is 71.1 Å². The highest BCUT2D eigenvalue weighted by molar-refractivity contribution is 5.90. The topological polar surface area (TPSA) is 49.3 Å². The summed E-state index contributed by atoms with van der Waals surface area (Å²) in [6.45, 7) is 2.22. The van der Waals surface area contributed by atoms with Crippen LogP contribution in [-0.2, 0) is 4.79 Å². The molecule has 3 nitrogen and oxygen atoms in total. The Labute approximate surface area is 182 Å². The molecule has 0 aliphatic rings. The van der Waals surface area contributed by atoms with Crippen molar-refractivity contribution in [1.82, 2.24) is 0 Å². The van der Waals surface area contributed by atoms with Crippen LogP contribution in [0.4, 0.5) is 5.69 Å². The number of hydrogen-bond donors (Lipinski definition) is 2. The van der Waals surface area contributed by atoms with Crippen molar-refractivity contribution in [2.75, 3.05) is 5.32 Å². The molecule has 1 amide bonds. The van der Waals surface area contributed by atoms with Gasteiger partial charge in [-0.2, -0.15) is 0 Å². The van der Waals surface area contributed by atoms with Crippen LogP contribution < -0.4 is 5.32 Å². The van der Waals surface area contributed by atoms with Gasteiger partial charge in [0.15, 0.2) is 0 Å². The Morgan fingerprint density at radius 1 is 0.862 bits per heavy atom. The van der Waals surface area contributed by atoms with Gasteiger partial charge in [0.05, 0.1) is 5.48 Å². The number of aromatic hydroxyl groups is 1. The largest absolute Gasteiger partial charge is 0.508 e. The van der Waals surface area contributed by atoms with E-state index >= 15 is 0 Å². The highest BCUT2D eigenvalue weighted by atomic mass is 16.3. The summed E-state index contributed by atoms with van der Waals surface area (Å²) >= 11 is 0. The number of nitrogens with one attached hydrogen (secondary N) is 1. The molecular formula is C26H37NO2. The van der Waals surface area contributed by atoms with Gasteiger partial charge in [0.1, 0.15) is 5.75 Å². The van der Waals surface area contributed by atoms with Crippen LogP contribution in [0, 0.1) is 0 Å². The third kappa shape index (κ3) is 15.1. The van der Waals surface area contributed by atoms with Gasteiger partial charge < -0.3 is 10.4 Å². The molecule has 0 bridgehead atoms. The summed E-state index contributed by atoms with van der Waals surface area (Å²) in [6, 6.07) is -2.04. The molecule has 158 valence electrons. The summed E-state index contributed by atoms with van der Waals surface area (Å²) < 4.78 is 30.8. The summed E-state index contributed by atoms with van der Waals surface area (Å²) in [4.78, 5) is 12.1. The van der Waals surface area contributed by atoms with E-state index in [9.17, 15) is 9.90 Å². The van der Waals surface area contributed by atoms with Crippen LogP contribution >= 0.6 is 0 Å². The molecule has 1 aromatic carbocycles. The predicted octanol–water partition coefficient (Wildman–Crippen LogP) is 7.48. The van der Waals surface area contributed by atoms with Crippen molar-refractivity contribution in [1.29, 1.82) is 0 Å². The zero-order valence-electron chi connectivity index (χ0n) is 21.5. The van der Waals surface area contributed by atoms with Crippen molar-refractivity contribution >= 4 is 11.6 Å². The molecule has 0 spiro atoms. The fourth-order valence-electron chi connectivity index (χ4n) is 2.51. The number of phenols is 1. The van der Waals surface area contributed by atoms with E-state index in [0.717, 1.165) is 25.7 Å². The number of amides is 1. The lowest BCUT2D eigenvalue weighted by Gasteiger charge is -2.04. The molecule has 3 heteroatoms. The van der Waals surface area contributed by atoms with Crippen molar-refractivity contribution < 1.29 is 15.4 Å². The predicted molar refractivity (Wildman–Crippen MR) is 125 cm³/mol. The van der Waals surface area contributed by atoms with Crippen LogP contribution in [0.25, 0.3) is 0 Å². The lowest BCUT2D eigenvalue weighted by molar-refractivity contribution is -0.116. The number of carbonyl (C=O) groups excluding carboxylic acids is 1. The Balaban J connectivity index is 2.19. The van der Waals surface area contributed by atoms with Crippen LogP contribution in [0.15, 0.2) is 72.8 Å². The number of hydrogen-bond acceptors (Lipinski definition) is 2. The first-order valence-electron chi connectivity index (χ1n) is 12.6. The Kier molecular flexibility index (Phi) is 11.2. The average Bonchev–Trinajstić information content (AvgIpc) is 2.81. The standard InChI is InChI=1S/C26H37NO2/c1-2-3-4-5-6-7-8-9-10-11-12-13-14-15-16-17-18-19-26(29)27-24-20-22-25(28)23-21-24/h6-7,9-10,12-13,15-16,20-23,28H,2-5,8,11,14,17-19H2,1H3,(H,27,29)/b7-6+,10-9+,13-12+,16-15+/i20D,21D,22D,23D. The lowest BCUT2D eigenvalue weighted by Crippen LogP contribution is -2.10. The maximum Gasteiger partial charge on any atom is 0.224 e. The average molecular weight is 400 g/mol. The Morgan fingerprint density at radius 3 is 1.93 bits per heavy atom. The highest BCUT2D eigenvalue weighted by Crippen LogP contribution is 2.14. The molecular weight excluding hydrogens is 358 g/mol. The molecule has 0 saturated heterocycles. The molecule has 2 N–H and O–H groups in total. The van der Waals surface area contributed by atoms with Crippen LogP contribution in [0.3, 0.4) is 0 Å². The van der Waals surface area contributed by atoms with E-state index in [1.54, 1.807) is 0 Å². The van der Waals surface area contributed by atoms with E-state index in [1.165, 1.54) is 25.7 Å². The third-order valence-electron chi connectivity index (χ3n) is 4.11. The normalized spacial score (nSPS) is 14.0. The second kappa shape index (κ2) is 17.5. The molecule has 0 atom stereocenters. The van der Waals surface area contributed by atoms with E-state index in [0.29, 0.717) is 6.42 Å². The number of benzene rings is 1. The summed E-state index contributed by atoms with van der Waals surface area (Å²) in [5.74, 6) is -1.10. The summed E-state index contributed by atoms with van der Waals surface area (Å²) in [5, 5.41) is 12.0. The third-order valence-corrected chi connectivity index (χ3v) is 4.11. The van der Waals surface area contributed by atoms with Gasteiger partial charge in [-0.05, 0) is 69.1 Å². The Hall–Kier alpha value is -2.55. The first kappa shape index (κ1) is 18.5. The molecule has 0 aliphatic heterocycles. The molecule has 29 heavy (non-hydrogen) atoms. The van der Waals surface area contributed by atoms with Crippen LogP contribution in [0.1, 0.15) is 76.6 Å². The molecule has 0 radical (unpaired) electrons. The molecule has 1 aromatic rings. The molecule has 0 fully saturated rings. The summed E-state index contributed by atoms with van der Waals surface area (Å²) in [5.41, 5.74) is -0.203. The smallest absolute Gasteiger partial charge is 0.224 e. The van der Waals surface area contributed by atoms with Gasteiger partial charge in [-0.1, -0.05) is 68.4 Å². The number of anilines is 1. The lowest BCUT2D eigenvalue weighted by atomic mass is 10.2. The molecule has 0 aromatic heterocycles. The van der Waals surface area contributed by atoms with E-state index in [1.807, 2.05) is 6.08 Å². The minimum absolute atomic E-state index is 0.203. The fourth-order valence-corrected chi connectivity index (χ4v) is 2.51. The van der Waals surface area contributed by atoms with Gasteiger partial charge in [0.2, 0.25) is 5.91 Å². The summed E-state index contributed by atoms with van der Waals surface area (Å²) in [7, 11) is 0. The number of carbonyl (C=O) groups is 1. The minimum atomic E-state index is -0.719. The quantitative estimate of drug-likeness (QED) is 0.182. The maximum atomic E-state index is 12.1. The number of rotatable bonds is 15. The van der Waals surface area contributed by atoms with Gasteiger partial charge in [0.25, 0.3) is 0 Å². The molecule has 0 unspecified atom stereocenters. The molecule has 0 saturated carbocycles. The van der Waals surface area contributed by atoms with Crippen molar-refractivity contribution in [2.24, 2.45) is 0 Å². The summed E-state index contributed by atoms with van der Waals surface area (Å²) in [6.07, 6.45) is 26.5. The van der Waals surface area contributed by atoms with Crippen molar-refractivity contribution in [3.63, 3.8) is 0 Å². The van der Waals surface area contributed by atoms with Gasteiger partial charge in [-0.3, -0.25) is 4.79 Å². The van der Waals surface area contributed by atoms with Gasteiger partial charge in [-0.15, -0.1) is 0 Å². The van der Waals surface area contributed by atoms with E-state index in [2.05, 4.69) is 54.8 Å². The van der Waals surface area contributed by atoms with Crippen LogP contribution in [0.2, 0.25) is 0 Å². The molecule has 1 rings (SSSR count). The first-order chi connectivity index (χ1) is 15.9. The molecule has 0 aliphatic carbocycles. The van der Waals surface area contributed by atoms with E-state index < -0.39 is 29.9 Å². The second-order valence-electron chi connectivity index (χ2n) is 6.75.